The minimum Gasteiger partial charge on any atom is -0.394 e. The number of hydrogen-bond acceptors (Lipinski definition) is 5. The molecule has 4 N–H and O–H groups in total. The number of aliphatic hydroxyl groups excluding tert-OH is 3. The van der Waals surface area contributed by atoms with Crippen LogP contribution in [0.25, 0.3) is 0 Å². The van der Waals surface area contributed by atoms with Crippen LogP contribution in [0.15, 0.2) is 18.3 Å². The van der Waals surface area contributed by atoms with Crippen molar-refractivity contribution in [1.82, 2.24) is 10.3 Å². The SMILES string of the molecule is O=C(NC(CO)(CO)CO)c1ccc(Cl)nc1. The van der Waals surface area contributed by atoms with Crippen molar-refractivity contribution in [1.29, 1.82) is 0 Å². The molecule has 0 spiro atoms. The Morgan fingerprint density at radius 3 is 2.29 bits per heavy atom. The third-order valence-electron chi connectivity index (χ3n) is 2.28. The highest BCUT2D eigenvalue weighted by Gasteiger charge is 2.30. The van der Waals surface area contributed by atoms with Gasteiger partial charge >= 0.3 is 0 Å². The Kier molecular flexibility index (Phi) is 4.83. The lowest BCUT2D eigenvalue weighted by atomic mass is 10.0. The third kappa shape index (κ3) is 3.37. The first-order valence-electron chi connectivity index (χ1n) is 4.83. The maximum Gasteiger partial charge on any atom is 0.253 e. The number of carbonyl (C=O) groups excluding carboxylic acids is 1. The van der Waals surface area contributed by atoms with Crippen LogP contribution in [0.5, 0.6) is 0 Å². The zero-order valence-electron chi connectivity index (χ0n) is 8.93. The number of hydrogen-bond donors (Lipinski definition) is 4. The molecule has 1 heterocycles. The summed E-state index contributed by atoms with van der Waals surface area (Å²) in [5.41, 5.74) is -1.23. The lowest BCUT2D eigenvalue weighted by Gasteiger charge is -2.28. The maximum absolute atomic E-state index is 11.7. The number of pyridine rings is 1. The van der Waals surface area contributed by atoms with Crippen molar-refractivity contribution in [3.8, 4) is 0 Å². The van der Waals surface area contributed by atoms with E-state index in [1.54, 1.807) is 0 Å². The topological polar surface area (TPSA) is 103 Å². The number of carbonyl (C=O) groups is 1. The monoisotopic (exact) mass is 260 g/mol. The fourth-order valence-corrected chi connectivity index (χ4v) is 1.20. The summed E-state index contributed by atoms with van der Waals surface area (Å²) in [5, 5.41) is 29.7. The van der Waals surface area contributed by atoms with E-state index in [4.69, 9.17) is 26.9 Å². The van der Waals surface area contributed by atoms with E-state index in [0.29, 0.717) is 0 Å². The number of rotatable bonds is 5. The van der Waals surface area contributed by atoms with Crippen molar-refractivity contribution in [3.05, 3.63) is 29.0 Å². The van der Waals surface area contributed by atoms with Gasteiger partial charge in [0, 0.05) is 6.20 Å². The van der Waals surface area contributed by atoms with E-state index in [1.165, 1.54) is 18.3 Å². The fourth-order valence-electron chi connectivity index (χ4n) is 1.09. The van der Waals surface area contributed by atoms with Gasteiger partial charge in [0.1, 0.15) is 10.7 Å². The van der Waals surface area contributed by atoms with E-state index < -0.39 is 31.3 Å². The van der Waals surface area contributed by atoms with Crippen LogP contribution in [0, 0.1) is 0 Å². The standard InChI is InChI=1S/C10H13ClN2O4/c11-8-2-1-7(3-12-8)9(17)13-10(4-14,5-15)6-16/h1-3,14-16H,4-6H2,(H,13,17). The highest BCUT2D eigenvalue weighted by Crippen LogP contribution is 2.08. The van der Waals surface area contributed by atoms with Crippen LogP contribution >= 0.6 is 11.6 Å². The van der Waals surface area contributed by atoms with E-state index >= 15 is 0 Å². The Bertz CT molecular complexity index is 370. The van der Waals surface area contributed by atoms with Crippen molar-refractivity contribution in [3.63, 3.8) is 0 Å². The Morgan fingerprint density at radius 2 is 1.88 bits per heavy atom. The molecule has 0 saturated carbocycles. The lowest BCUT2D eigenvalue weighted by Crippen LogP contribution is -2.57. The quantitative estimate of drug-likeness (QED) is 0.518. The first-order valence-corrected chi connectivity index (χ1v) is 5.21. The average molecular weight is 261 g/mol. The summed E-state index contributed by atoms with van der Waals surface area (Å²) < 4.78 is 0. The molecule has 0 aliphatic heterocycles. The zero-order valence-corrected chi connectivity index (χ0v) is 9.68. The molecule has 0 radical (unpaired) electrons. The molecule has 1 rings (SSSR count). The van der Waals surface area contributed by atoms with Gasteiger partial charge in [-0.2, -0.15) is 0 Å². The highest BCUT2D eigenvalue weighted by molar-refractivity contribution is 6.29. The Hall–Kier alpha value is -1.21. The largest absolute Gasteiger partial charge is 0.394 e. The molecule has 0 atom stereocenters. The van der Waals surface area contributed by atoms with Crippen LogP contribution in [-0.2, 0) is 0 Å². The molecular formula is C10H13ClN2O4. The highest BCUT2D eigenvalue weighted by atomic mass is 35.5. The van der Waals surface area contributed by atoms with E-state index in [9.17, 15) is 4.79 Å². The van der Waals surface area contributed by atoms with Crippen molar-refractivity contribution in [2.24, 2.45) is 0 Å². The fraction of sp³-hybridized carbons (Fsp3) is 0.400. The van der Waals surface area contributed by atoms with E-state index in [2.05, 4.69) is 10.3 Å². The maximum atomic E-state index is 11.7. The predicted molar refractivity (Wildman–Crippen MR) is 60.7 cm³/mol. The molecule has 0 bridgehead atoms. The number of nitrogens with zero attached hydrogens (tertiary/aromatic N) is 1. The second kappa shape index (κ2) is 5.92. The van der Waals surface area contributed by atoms with Gasteiger partial charge < -0.3 is 20.6 Å². The minimum absolute atomic E-state index is 0.217. The first-order chi connectivity index (χ1) is 8.06. The van der Waals surface area contributed by atoms with Crippen LogP contribution < -0.4 is 5.32 Å². The van der Waals surface area contributed by atoms with Gasteiger partial charge in [0.05, 0.1) is 25.4 Å². The molecule has 0 saturated heterocycles. The molecule has 0 aliphatic carbocycles. The molecule has 94 valence electrons. The summed E-state index contributed by atoms with van der Waals surface area (Å²) in [6.07, 6.45) is 1.26. The zero-order chi connectivity index (χ0) is 12.9. The summed E-state index contributed by atoms with van der Waals surface area (Å²) in [4.78, 5) is 15.4. The summed E-state index contributed by atoms with van der Waals surface area (Å²) in [7, 11) is 0. The molecule has 0 unspecified atom stereocenters. The van der Waals surface area contributed by atoms with Crippen molar-refractivity contribution in [2.45, 2.75) is 5.54 Å². The summed E-state index contributed by atoms with van der Waals surface area (Å²) >= 11 is 5.57. The number of aliphatic hydroxyl groups is 3. The Balaban J connectivity index is 2.81. The second-order valence-corrected chi connectivity index (χ2v) is 3.97. The van der Waals surface area contributed by atoms with Crippen molar-refractivity contribution in [2.75, 3.05) is 19.8 Å². The predicted octanol–water partition coefficient (Wildman–Crippen LogP) is -0.819. The van der Waals surface area contributed by atoms with Gasteiger partial charge in [-0.1, -0.05) is 11.6 Å². The van der Waals surface area contributed by atoms with Gasteiger partial charge in [0.15, 0.2) is 0 Å². The van der Waals surface area contributed by atoms with Crippen molar-refractivity contribution >= 4 is 17.5 Å². The molecular weight excluding hydrogens is 248 g/mol. The molecule has 0 aliphatic rings. The molecule has 1 aromatic rings. The van der Waals surface area contributed by atoms with Gasteiger partial charge in [-0.05, 0) is 12.1 Å². The van der Waals surface area contributed by atoms with Crippen LogP contribution in [0.3, 0.4) is 0 Å². The van der Waals surface area contributed by atoms with Crippen LogP contribution in [0.2, 0.25) is 5.15 Å². The molecule has 1 aromatic heterocycles. The van der Waals surface area contributed by atoms with Gasteiger partial charge in [-0.3, -0.25) is 4.79 Å². The Labute approximate surface area is 103 Å². The van der Waals surface area contributed by atoms with E-state index in [0.717, 1.165) is 0 Å². The summed E-state index contributed by atoms with van der Waals surface area (Å²) in [6.45, 7) is -1.73. The summed E-state index contributed by atoms with van der Waals surface area (Å²) in [5.74, 6) is -0.564. The summed E-state index contributed by atoms with van der Waals surface area (Å²) in [6, 6.07) is 2.89. The van der Waals surface area contributed by atoms with Crippen LogP contribution in [0.1, 0.15) is 10.4 Å². The molecule has 6 nitrogen and oxygen atoms in total. The van der Waals surface area contributed by atoms with Gasteiger partial charge in [-0.25, -0.2) is 4.98 Å². The first kappa shape index (κ1) is 13.9. The molecule has 7 heteroatoms. The van der Waals surface area contributed by atoms with Gasteiger partial charge in [0.2, 0.25) is 0 Å². The minimum atomic E-state index is -1.45. The van der Waals surface area contributed by atoms with Crippen LogP contribution in [0.4, 0.5) is 0 Å². The average Bonchev–Trinajstić information content (AvgIpc) is 2.37. The normalized spacial score (nSPS) is 11.3. The number of halogens is 1. The lowest BCUT2D eigenvalue weighted by molar-refractivity contribution is 0.0375. The van der Waals surface area contributed by atoms with Gasteiger partial charge in [0.25, 0.3) is 5.91 Å². The molecule has 1 amide bonds. The third-order valence-corrected chi connectivity index (χ3v) is 2.50. The molecule has 0 aromatic carbocycles. The van der Waals surface area contributed by atoms with Crippen molar-refractivity contribution < 1.29 is 20.1 Å². The van der Waals surface area contributed by atoms with E-state index in [1.807, 2.05) is 0 Å². The molecule has 0 fully saturated rings. The number of nitrogens with one attached hydrogen (secondary N) is 1. The number of aromatic nitrogens is 1. The van der Waals surface area contributed by atoms with E-state index in [-0.39, 0.29) is 10.7 Å². The van der Waals surface area contributed by atoms with Gasteiger partial charge in [-0.15, -0.1) is 0 Å². The number of amides is 1. The smallest absolute Gasteiger partial charge is 0.253 e. The second-order valence-electron chi connectivity index (χ2n) is 3.58. The molecule has 17 heavy (non-hydrogen) atoms. The Morgan fingerprint density at radius 1 is 1.29 bits per heavy atom. The van der Waals surface area contributed by atoms with Crippen LogP contribution in [-0.4, -0.2) is 51.6 Å².